The third-order valence-electron chi connectivity index (χ3n) is 7.59. The normalized spacial score (nSPS) is 14.1. The molecular formula is C30H37ClFN5O2. The first kappa shape index (κ1) is 28.8. The molecule has 1 aliphatic rings. The number of nitrogens with two attached hydrogens (primary N) is 1. The minimum absolute atomic E-state index is 0. The first-order valence-corrected chi connectivity index (χ1v) is 13.4. The molecule has 1 aliphatic heterocycles. The second kappa shape index (κ2) is 12.8. The van der Waals surface area contributed by atoms with Gasteiger partial charge in [-0.15, -0.1) is 12.4 Å². The Hall–Kier alpha value is -3.20. The summed E-state index contributed by atoms with van der Waals surface area (Å²) in [5.41, 5.74) is 11.1. The van der Waals surface area contributed by atoms with Gasteiger partial charge in [0.1, 0.15) is 5.82 Å². The molecule has 0 aliphatic carbocycles. The summed E-state index contributed by atoms with van der Waals surface area (Å²) in [7, 11) is 1.68. The van der Waals surface area contributed by atoms with Gasteiger partial charge in [0.25, 0.3) is 5.91 Å². The zero-order chi connectivity index (χ0) is 26.6. The highest BCUT2D eigenvalue weighted by Gasteiger charge is 2.29. The molecule has 0 saturated carbocycles. The summed E-state index contributed by atoms with van der Waals surface area (Å²) >= 11 is 0. The number of rotatable bonds is 9. The largest absolute Gasteiger partial charge is 0.383 e. The van der Waals surface area contributed by atoms with Gasteiger partial charge in [-0.25, -0.2) is 4.39 Å². The summed E-state index contributed by atoms with van der Waals surface area (Å²) in [6, 6.07) is 11.3. The number of methoxy groups -OCH3 is 1. The summed E-state index contributed by atoms with van der Waals surface area (Å²) in [6.07, 6.45) is 8.32. The van der Waals surface area contributed by atoms with Crippen LogP contribution in [0.2, 0.25) is 0 Å². The molecule has 1 fully saturated rings. The number of carbonyl (C=O) groups is 1. The Balaban J connectivity index is 0.00000353. The molecule has 39 heavy (non-hydrogen) atoms. The van der Waals surface area contributed by atoms with Crippen LogP contribution in [-0.4, -0.2) is 52.0 Å². The van der Waals surface area contributed by atoms with E-state index in [1.807, 2.05) is 34.1 Å². The van der Waals surface area contributed by atoms with Gasteiger partial charge in [0, 0.05) is 68.7 Å². The number of nitrogens with zero attached hydrogens (tertiary/aromatic N) is 4. The van der Waals surface area contributed by atoms with E-state index in [0.29, 0.717) is 43.9 Å². The van der Waals surface area contributed by atoms with E-state index in [1.165, 1.54) is 6.07 Å². The van der Waals surface area contributed by atoms with Crippen molar-refractivity contribution >= 4 is 29.2 Å². The maximum absolute atomic E-state index is 14.6. The fourth-order valence-electron chi connectivity index (χ4n) is 5.58. The average molecular weight is 554 g/mol. The number of piperidine rings is 1. The lowest BCUT2D eigenvalue weighted by Gasteiger charge is -2.32. The monoisotopic (exact) mass is 553 g/mol. The first-order chi connectivity index (χ1) is 18.5. The summed E-state index contributed by atoms with van der Waals surface area (Å²) in [6.45, 7) is 5.72. The van der Waals surface area contributed by atoms with Gasteiger partial charge in [0.2, 0.25) is 0 Å². The molecule has 9 heteroatoms. The topological polar surface area (TPSA) is 78.3 Å². The zero-order valence-corrected chi connectivity index (χ0v) is 23.4. The number of fused-ring (bicyclic) bond motifs is 1. The highest BCUT2D eigenvalue weighted by atomic mass is 35.5. The van der Waals surface area contributed by atoms with Crippen molar-refractivity contribution in [2.75, 3.05) is 26.8 Å². The number of aromatic nitrogens is 3. The molecule has 2 N–H and O–H groups in total. The minimum Gasteiger partial charge on any atom is -0.383 e. The van der Waals surface area contributed by atoms with Crippen LogP contribution < -0.4 is 5.73 Å². The molecule has 208 valence electrons. The van der Waals surface area contributed by atoms with Gasteiger partial charge in [0.05, 0.1) is 18.4 Å². The first-order valence-electron chi connectivity index (χ1n) is 13.4. The van der Waals surface area contributed by atoms with Crippen molar-refractivity contribution in [3.63, 3.8) is 0 Å². The highest BCUT2D eigenvalue weighted by molar-refractivity contribution is 6.12. The average Bonchev–Trinajstić information content (AvgIpc) is 3.57. The van der Waals surface area contributed by atoms with E-state index in [1.54, 1.807) is 13.2 Å². The van der Waals surface area contributed by atoms with Crippen molar-refractivity contribution in [2.24, 2.45) is 5.73 Å². The minimum atomic E-state index is -0.193. The predicted molar refractivity (Wildman–Crippen MR) is 155 cm³/mol. The van der Waals surface area contributed by atoms with Crippen molar-refractivity contribution in [2.45, 2.75) is 51.7 Å². The van der Waals surface area contributed by atoms with Crippen molar-refractivity contribution in [1.29, 1.82) is 0 Å². The molecule has 5 rings (SSSR count). The molecule has 1 amide bonds. The molecule has 2 aromatic carbocycles. The van der Waals surface area contributed by atoms with E-state index in [-0.39, 0.29) is 30.0 Å². The van der Waals surface area contributed by atoms with E-state index in [2.05, 4.69) is 34.9 Å². The molecule has 1 saturated heterocycles. The lowest BCUT2D eigenvalue weighted by molar-refractivity contribution is 0.0714. The molecule has 0 bridgehead atoms. The zero-order valence-electron chi connectivity index (χ0n) is 22.6. The van der Waals surface area contributed by atoms with Crippen LogP contribution in [0.15, 0.2) is 55.0 Å². The van der Waals surface area contributed by atoms with Gasteiger partial charge in [0.15, 0.2) is 0 Å². The molecular weight excluding hydrogens is 517 g/mol. The van der Waals surface area contributed by atoms with Gasteiger partial charge in [-0.3, -0.25) is 9.48 Å². The third-order valence-corrected chi connectivity index (χ3v) is 7.59. The lowest BCUT2D eigenvalue weighted by Crippen LogP contribution is -2.38. The summed E-state index contributed by atoms with van der Waals surface area (Å²) in [4.78, 5) is 15.9. The summed E-state index contributed by atoms with van der Waals surface area (Å²) in [5.74, 6) is -0.107. The van der Waals surface area contributed by atoms with Gasteiger partial charge in [-0.05, 0) is 54.0 Å². The smallest absolute Gasteiger partial charge is 0.256 e. The Morgan fingerprint density at radius 1 is 1.15 bits per heavy atom. The molecule has 7 nitrogen and oxygen atoms in total. The second-order valence-electron chi connectivity index (χ2n) is 10.0. The Bertz CT molecular complexity index is 1420. The van der Waals surface area contributed by atoms with Crippen LogP contribution in [0.3, 0.4) is 0 Å². The Morgan fingerprint density at radius 2 is 1.95 bits per heavy atom. The lowest BCUT2D eigenvalue weighted by atomic mass is 9.88. The van der Waals surface area contributed by atoms with Gasteiger partial charge in [-0.2, -0.15) is 5.10 Å². The Kier molecular flexibility index (Phi) is 9.43. The van der Waals surface area contributed by atoms with Crippen molar-refractivity contribution in [1.82, 2.24) is 19.2 Å². The molecule has 3 heterocycles. The molecule has 0 atom stereocenters. The van der Waals surface area contributed by atoms with E-state index >= 15 is 0 Å². The van der Waals surface area contributed by atoms with Gasteiger partial charge < -0.3 is 19.9 Å². The predicted octanol–water partition coefficient (Wildman–Crippen LogP) is 5.60. The fourth-order valence-corrected chi connectivity index (χ4v) is 5.58. The fraction of sp³-hybridized carbons (Fsp3) is 0.400. The molecule has 0 unspecified atom stereocenters. The Labute approximate surface area is 235 Å². The number of amides is 1. The van der Waals surface area contributed by atoms with Crippen LogP contribution in [-0.2, 0) is 24.4 Å². The van der Waals surface area contributed by atoms with Crippen LogP contribution in [0.1, 0.15) is 53.6 Å². The Morgan fingerprint density at radius 3 is 2.67 bits per heavy atom. The number of halogens is 2. The van der Waals surface area contributed by atoms with E-state index in [9.17, 15) is 9.18 Å². The van der Waals surface area contributed by atoms with Crippen LogP contribution in [0.25, 0.3) is 22.0 Å². The summed E-state index contributed by atoms with van der Waals surface area (Å²) in [5, 5.41) is 5.46. The third kappa shape index (κ3) is 5.88. The van der Waals surface area contributed by atoms with Crippen LogP contribution >= 0.6 is 12.4 Å². The van der Waals surface area contributed by atoms with Crippen molar-refractivity contribution < 1.29 is 13.9 Å². The van der Waals surface area contributed by atoms with E-state index in [0.717, 1.165) is 53.4 Å². The number of likely N-dealkylation sites (tertiary alicyclic amines) is 1. The van der Waals surface area contributed by atoms with Crippen molar-refractivity contribution in [3.05, 3.63) is 77.5 Å². The molecule has 2 aromatic heterocycles. The quantitative estimate of drug-likeness (QED) is 0.293. The van der Waals surface area contributed by atoms with Crippen LogP contribution in [0, 0.1) is 5.82 Å². The van der Waals surface area contributed by atoms with Gasteiger partial charge >= 0.3 is 0 Å². The van der Waals surface area contributed by atoms with E-state index in [4.69, 9.17) is 10.5 Å². The maximum atomic E-state index is 14.6. The standard InChI is InChI=1S/C30H36FN5O2.ClH/c1-3-11-36-19-23(18-33-36)24-5-4-6-28-29(24)26(20-35(28)14-15-38-2)30(37)34-12-9-22(10-13-34)25-16-21(17-32)7-8-27(25)31;/h4-8,16,18-20,22H,3,9-15,17,32H2,1-2H3;1H. The molecule has 0 radical (unpaired) electrons. The van der Waals surface area contributed by atoms with Crippen molar-refractivity contribution in [3.8, 4) is 11.1 Å². The van der Waals surface area contributed by atoms with Crippen LogP contribution in [0.4, 0.5) is 4.39 Å². The summed E-state index contributed by atoms with van der Waals surface area (Å²) < 4.78 is 24.0. The number of hydrogen-bond donors (Lipinski definition) is 1. The maximum Gasteiger partial charge on any atom is 0.256 e. The molecule has 0 spiro atoms. The number of aryl methyl sites for hydroxylation is 1. The number of ether oxygens (including phenoxy) is 1. The molecule has 4 aromatic rings. The van der Waals surface area contributed by atoms with Crippen LogP contribution in [0.5, 0.6) is 0 Å². The van der Waals surface area contributed by atoms with Gasteiger partial charge in [-0.1, -0.05) is 31.2 Å². The SMILES string of the molecule is CCCn1cc(-c2cccc3c2c(C(=O)N2CCC(c4cc(CN)ccc4F)CC2)cn3CCOC)cn1.Cl. The van der Waals surface area contributed by atoms with E-state index < -0.39 is 0 Å². The highest BCUT2D eigenvalue weighted by Crippen LogP contribution is 2.35. The number of benzene rings is 2. The number of carbonyl (C=O) groups excluding carboxylic acids is 1. The number of hydrogen-bond acceptors (Lipinski definition) is 4. The second-order valence-corrected chi connectivity index (χ2v) is 10.0.